The average molecular weight is 266 g/mol. The Morgan fingerprint density at radius 1 is 1.56 bits per heavy atom. The third-order valence-corrected chi connectivity index (χ3v) is 3.56. The van der Waals surface area contributed by atoms with Crippen molar-refractivity contribution < 1.29 is 14.1 Å². The Morgan fingerprint density at radius 3 is 2.19 bits per heavy atom. The van der Waals surface area contributed by atoms with Crippen LogP contribution in [0.15, 0.2) is 10.4 Å². The molecule has 16 heavy (non-hydrogen) atoms. The van der Waals surface area contributed by atoms with Crippen molar-refractivity contribution >= 4 is 28.4 Å². The molecular formula is C7H14N4O3S2. The summed E-state index contributed by atoms with van der Waals surface area (Å²) >= 11 is 1.16. The Balaban J connectivity index is 0.000000487. The van der Waals surface area contributed by atoms with E-state index in [1.165, 1.54) is 6.20 Å². The van der Waals surface area contributed by atoms with Crippen LogP contribution in [0.1, 0.15) is 18.9 Å². The molecule has 0 saturated carbocycles. The van der Waals surface area contributed by atoms with Gasteiger partial charge < -0.3 is 16.6 Å². The summed E-state index contributed by atoms with van der Waals surface area (Å²) in [5.74, 6) is 0. The lowest BCUT2D eigenvalue weighted by Crippen LogP contribution is -2.18. The second-order valence-corrected chi connectivity index (χ2v) is 5.57. The van der Waals surface area contributed by atoms with Crippen molar-refractivity contribution in [2.75, 3.05) is 0 Å². The average Bonchev–Trinajstić information content (AvgIpc) is 2.48. The van der Waals surface area contributed by atoms with E-state index in [0.717, 1.165) is 11.3 Å². The minimum atomic E-state index is -1.50. The van der Waals surface area contributed by atoms with Crippen molar-refractivity contribution in [2.24, 2.45) is 16.6 Å². The fraction of sp³-hybridized carbons (Fsp3) is 0.429. The van der Waals surface area contributed by atoms with Crippen LogP contribution in [0.4, 0.5) is 4.79 Å². The van der Waals surface area contributed by atoms with Crippen LogP contribution in [-0.4, -0.2) is 20.3 Å². The predicted molar refractivity (Wildman–Crippen MR) is 61.7 cm³/mol. The van der Waals surface area contributed by atoms with Crippen molar-refractivity contribution in [2.45, 2.75) is 23.7 Å². The molecule has 0 saturated heterocycles. The van der Waals surface area contributed by atoms with Crippen LogP contribution >= 0.6 is 11.3 Å². The Hall–Kier alpha value is -1.03. The van der Waals surface area contributed by atoms with Crippen molar-refractivity contribution in [3.8, 4) is 0 Å². The van der Waals surface area contributed by atoms with E-state index in [1.807, 2.05) is 0 Å². The standard InChI is InChI=1S/C6H10N2O2S2.CH4N2O/c1-6(2,9)5-8-3-4(11-5)12(7)10;2-1(3)4/h3,9H,7H2,1-2H3;(H4,2,3,4). The van der Waals surface area contributed by atoms with Crippen molar-refractivity contribution in [3.63, 3.8) is 0 Å². The topological polar surface area (TPSA) is 145 Å². The fourth-order valence-electron chi connectivity index (χ4n) is 0.635. The number of nitrogens with two attached hydrogens (primary N) is 3. The van der Waals surface area contributed by atoms with E-state index in [4.69, 9.17) is 9.93 Å². The van der Waals surface area contributed by atoms with E-state index in [0.29, 0.717) is 9.22 Å². The number of hydrogen-bond acceptors (Lipinski definition) is 5. The molecule has 9 heteroatoms. The summed E-state index contributed by atoms with van der Waals surface area (Å²) in [6.07, 6.45) is 1.42. The first kappa shape index (κ1) is 15.0. The molecule has 0 aliphatic heterocycles. The number of urea groups is 1. The molecule has 0 bridgehead atoms. The molecule has 0 aliphatic carbocycles. The van der Waals surface area contributed by atoms with E-state index in [1.54, 1.807) is 13.8 Å². The zero-order chi connectivity index (χ0) is 12.9. The van der Waals surface area contributed by atoms with Gasteiger partial charge in [-0.15, -0.1) is 11.3 Å². The number of hydrogen-bond donors (Lipinski definition) is 4. The van der Waals surface area contributed by atoms with Crippen LogP contribution < -0.4 is 16.6 Å². The maximum atomic E-state index is 10.8. The van der Waals surface area contributed by atoms with E-state index in [-0.39, 0.29) is 0 Å². The molecule has 1 unspecified atom stereocenters. The van der Waals surface area contributed by atoms with Gasteiger partial charge in [-0.2, -0.15) is 0 Å². The highest BCUT2D eigenvalue weighted by Gasteiger charge is 2.20. The number of aliphatic hydroxyl groups is 1. The predicted octanol–water partition coefficient (Wildman–Crippen LogP) is -0.624. The van der Waals surface area contributed by atoms with Gasteiger partial charge in [0, 0.05) is 0 Å². The quantitative estimate of drug-likeness (QED) is 0.564. The second-order valence-electron chi connectivity index (χ2n) is 3.24. The number of carbonyl (C=O) groups excluding carboxylic acids is 1. The molecule has 2 amide bonds. The summed E-state index contributed by atoms with van der Waals surface area (Å²) in [6.45, 7) is 3.24. The van der Waals surface area contributed by atoms with E-state index >= 15 is 0 Å². The smallest absolute Gasteiger partial charge is 0.309 e. The van der Waals surface area contributed by atoms with Crippen LogP contribution in [0.5, 0.6) is 0 Å². The highest BCUT2D eigenvalue weighted by molar-refractivity contribution is 7.85. The zero-order valence-electron chi connectivity index (χ0n) is 8.84. The normalized spacial score (nSPS) is 12.5. The molecule has 7 N–H and O–H groups in total. The van der Waals surface area contributed by atoms with E-state index in [2.05, 4.69) is 16.5 Å². The van der Waals surface area contributed by atoms with Gasteiger partial charge >= 0.3 is 6.03 Å². The lowest BCUT2D eigenvalue weighted by atomic mass is 10.2. The highest BCUT2D eigenvalue weighted by atomic mass is 32.2. The van der Waals surface area contributed by atoms with Gasteiger partial charge in [0.2, 0.25) is 0 Å². The van der Waals surface area contributed by atoms with E-state index in [9.17, 15) is 9.32 Å². The molecule has 1 rings (SSSR count). The Kier molecular flexibility index (Phi) is 5.51. The second kappa shape index (κ2) is 5.89. The first-order valence-electron chi connectivity index (χ1n) is 4.04. The number of primary amides is 2. The van der Waals surface area contributed by atoms with E-state index < -0.39 is 22.6 Å². The number of thiazole rings is 1. The zero-order valence-corrected chi connectivity index (χ0v) is 10.5. The lowest BCUT2D eigenvalue weighted by molar-refractivity contribution is 0.0783. The molecule has 0 radical (unpaired) electrons. The molecular weight excluding hydrogens is 252 g/mol. The molecule has 92 valence electrons. The monoisotopic (exact) mass is 266 g/mol. The number of rotatable bonds is 2. The molecule has 1 aromatic rings. The summed E-state index contributed by atoms with van der Waals surface area (Å²) in [4.78, 5) is 12.9. The van der Waals surface area contributed by atoms with Crippen molar-refractivity contribution in [3.05, 3.63) is 11.2 Å². The summed E-state index contributed by atoms with van der Waals surface area (Å²) in [6, 6.07) is -0.833. The maximum Gasteiger partial charge on any atom is 0.309 e. The Morgan fingerprint density at radius 2 is 2.00 bits per heavy atom. The number of carbonyl (C=O) groups is 1. The maximum absolute atomic E-state index is 10.8. The number of nitrogens with zero attached hydrogens (tertiary/aromatic N) is 1. The largest absolute Gasteiger partial charge is 0.383 e. The summed E-state index contributed by atoms with van der Waals surface area (Å²) in [5, 5.41) is 15.1. The van der Waals surface area contributed by atoms with Gasteiger partial charge in [-0.25, -0.2) is 19.1 Å². The Bertz CT molecular complexity index is 381. The number of aromatic nitrogens is 1. The van der Waals surface area contributed by atoms with Crippen molar-refractivity contribution in [1.29, 1.82) is 0 Å². The first-order chi connectivity index (χ1) is 7.14. The molecule has 0 aliphatic rings. The van der Waals surface area contributed by atoms with Crippen LogP contribution in [0, 0.1) is 0 Å². The third-order valence-electron chi connectivity index (χ3n) is 1.21. The van der Waals surface area contributed by atoms with Crippen LogP contribution in [-0.2, 0) is 16.6 Å². The minimum absolute atomic E-state index is 0.479. The minimum Gasteiger partial charge on any atom is -0.383 e. The summed E-state index contributed by atoms with van der Waals surface area (Å²) in [5.41, 5.74) is 7.52. The third kappa shape index (κ3) is 5.75. The van der Waals surface area contributed by atoms with Crippen LogP contribution in [0.2, 0.25) is 0 Å². The molecule has 0 aromatic carbocycles. The fourth-order valence-corrected chi connectivity index (χ4v) is 2.01. The SMILES string of the molecule is CC(C)(O)c1ncc(S(N)=O)s1.NC(N)=O. The van der Waals surface area contributed by atoms with Gasteiger partial charge in [-0.3, -0.25) is 0 Å². The van der Waals surface area contributed by atoms with Gasteiger partial charge in [0.25, 0.3) is 0 Å². The van der Waals surface area contributed by atoms with Gasteiger partial charge in [0.15, 0.2) is 0 Å². The summed E-state index contributed by atoms with van der Waals surface area (Å²) in [7, 11) is -1.50. The molecule has 1 aromatic heterocycles. The molecule has 0 spiro atoms. The van der Waals surface area contributed by atoms with Gasteiger partial charge in [0.1, 0.15) is 25.8 Å². The van der Waals surface area contributed by atoms with Gasteiger partial charge in [-0.05, 0) is 13.8 Å². The number of amides is 2. The highest BCUT2D eigenvalue weighted by Crippen LogP contribution is 2.25. The molecule has 7 nitrogen and oxygen atoms in total. The van der Waals surface area contributed by atoms with Crippen LogP contribution in [0.25, 0.3) is 0 Å². The van der Waals surface area contributed by atoms with Crippen LogP contribution in [0.3, 0.4) is 0 Å². The lowest BCUT2D eigenvalue weighted by Gasteiger charge is -2.11. The summed E-state index contributed by atoms with van der Waals surface area (Å²) < 4.78 is 11.2. The Labute approximate surface area is 99.2 Å². The molecule has 1 atom stereocenters. The van der Waals surface area contributed by atoms with Crippen molar-refractivity contribution in [1.82, 2.24) is 4.98 Å². The first-order valence-corrected chi connectivity index (χ1v) is 6.07. The van der Waals surface area contributed by atoms with Gasteiger partial charge in [-0.1, -0.05) is 0 Å². The van der Waals surface area contributed by atoms with Gasteiger partial charge in [0.05, 0.1) is 6.20 Å². The molecule has 1 heterocycles. The molecule has 0 fully saturated rings.